The van der Waals surface area contributed by atoms with Gasteiger partial charge in [0.2, 0.25) is 5.91 Å². The lowest BCUT2D eigenvalue weighted by Crippen LogP contribution is -2.27. The highest BCUT2D eigenvalue weighted by molar-refractivity contribution is 6.01. The van der Waals surface area contributed by atoms with E-state index in [1.54, 1.807) is 0 Å². The minimum absolute atomic E-state index is 0. The Morgan fingerprint density at radius 1 is 1.05 bits per heavy atom. The van der Waals surface area contributed by atoms with Gasteiger partial charge in [-0.05, 0) is 43.1 Å². The number of carbonyl (C=O) groups excluding carboxylic acids is 1. The third kappa shape index (κ3) is 3.32. The lowest BCUT2D eigenvalue weighted by molar-refractivity contribution is -0.118. The summed E-state index contributed by atoms with van der Waals surface area (Å²) >= 11 is 0. The number of nitrogens with one attached hydrogen (secondary N) is 2. The number of hydrogen-bond donors (Lipinski definition) is 2. The molecule has 1 saturated carbocycles. The normalized spacial score (nSPS) is 14.8. The first-order valence-electron chi connectivity index (χ1n) is 7.35. The largest absolute Gasteiger partial charge is 0.325 e. The molecule has 0 spiro atoms. The van der Waals surface area contributed by atoms with E-state index in [0.717, 1.165) is 30.6 Å². The van der Waals surface area contributed by atoms with Crippen molar-refractivity contribution in [3.8, 4) is 0 Å². The smallest absolute Gasteiger partial charge is 0.235 e. The van der Waals surface area contributed by atoms with Crippen LogP contribution in [0, 0.1) is 0 Å². The Kier molecular flexibility index (Phi) is 5.22. The van der Waals surface area contributed by atoms with Crippen LogP contribution in [0.4, 0.5) is 5.69 Å². The summed E-state index contributed by atoms with van der Waals surface area (Å²) < 4.78 is 0. The summed E-state index contributed by atoms with van der Waals surface area (Å²) in [5.74, 6) is 0.107. The first-order valence-corrected chi connectivity index (χ1v) is 7.35. The second kappa shape index (κ2) is 6.95. The number of amides is 1. The molecule has 0 bridgehead atoms. The Bertz CT molecular complexity index is 621. The standard InChI is InChI=1S/C18H20N2O.ClH/c1-19-13-14-7-9-16(10-8-14)20-17(21)18(11-12-18)15-5-3-2-4-6-15;/h2-10,19H,11-13H2,1H3,(H,20,21);1H. The number of anilines is 1. The number of rotatable bonds is 5. The van der Waals surface area contributed by atoms with E-state index in [9.17, 15) is 4.79 Å². The zero-order valence-electron chi connectivity index (χ0n) is 12.6. The van der Waals surface area contributed by atoms with Crippen LogP contribution in [0.25, 0.3) is 0 Å². The molecule has 0 radical (unpaired) electrons. The van der Waals surface area contributed by atoms with E-state index in [2.05, 4.69) is 10.6 Å². The van der Waals surface area contributed by atoms with Crippen LogP contribution in [0.2, 0.25) is 0 Å². The zero-order valence-corrected chi connectivity index (χ0v) is 13.5. The van der Waals surface area contributed by atoms with E-state index in [4.69, 9.17) is 0 Å². The van der Waals surface area contributed by atoms with Crippen LogP contribution in [-0.2, 0) is 16.8 Å². The van der Waals surface area contributed by atoms with Crippen molar-refractivity contribution in [3.05, 3.63) is 65.7 Å². The summed E-state index contributed by atoms with van der Waals surface area (Å²) in [5, 5.41) is 6.17. The van der Waals surface area contributed by atoms with E-state index in [1.807, 2.05) is 61.6 Å². The molecule has 0 aliphatic heterocycles. The Morgan fingerprint density at radius 3 is 2.23 bits per heavy atom. The van der Waals surface area contributed by atoms with Crippen LogP contribution in [-0.4, -0.2) is 13.0 Å². The highest BCUT2D eigenvalue weighted by Crippen LogP contribution is 2.48. The molecule has 0 atom stereocenters. The highest BCUT2D eigenvalue weighted by atomic mass is 35.5. The van der Waals surface area contributed by atoms with Crippen LogP contribution >= 0.6 is 12.4 Å². The Labute approximate surface area is 137 Å². The molecule has 1 aliphatic rings. The summed E-state index contributed by atoms with van der Waals surface area (Å²) in [6.07, 6.45) is 1.86. The van der Waals surface area contributed by atoms with Gasteiger partial charge >= 0.3 is 0 Å². The first-order chi connectivity index (χ1) is 10.2. The molecule has 1 fully saturated rings. The van der Waals surface area contributed by atoms with Gasteiger partial charge in [0.05, 0.1) is 5.41 Å². The van der Waals surface area contributed by atoms with Crippen molar-refractivity contribution in [1.29, 1.82) is 0 Å². The maximum absolute atomic E-state index is 12.6. The highest BCUT2D eigenvalue weighted by Gasteiger charge is 2.51. The first kappa shape index (κ1) is 16.5. The summed E-state index contributed by atoms with van der Waals surface area (Å²) in [7, 11) is 1.92. The second-order valence-corrected chi connectivity index (χ2v) is 5.63. The van der Waals surface area contributed by atoms with Crippen LogP contribution < -0.4 is 10.6 Å². The van der Waals surface area contributed by atoms with Crippen molar-refractivity contribution < 1.29 is 4.79 Å². The maximum Gasteiger partial charge on any atom is 0.235 e. The molecule has 3 nitrogen and oxygen atoms in total. The molecular formula is C18H21ClN2O. The monoisotopic (exact) mass is 316 g/mol. The van der Waals surface area contributed by atoms with Gasteiger partial charge in [-0.3, -0.25) is 4.79 Å². The molecular weight excluding hydrogens is 296 g/mol. The Morgan fingerprint density at radius 2 is 1.68 bits per heavy atom. The molecule has 3 rings (SSSR count). The molecule has 0 aromatic heterocycles. The van der Waals surface area contributed by atoms with Crippen LogP contribution in [0.3, 0.4) is 0 Å². The second-order valence-electron chi connectivity index (χ2n) is 5.63. The van der Waals surface area contributed by atoms with E-state index < -0.39 is 0 Å². The molecule has 0 unspecified atom stereocenters. The zero-order chi connectivity index (χ0) is 14.7. The fourth-order valence-corrected chi connectivity index (χ4v) is 2.69. The fraction of sp³-hybridized carbons (Fsp3) is 0.278. The molecule has 2 aromatic carbocycles. The van der Waals surface area contributed by atoms with Gasteiger partial charge in [-0.15, -0.1) is 12.4 Å². The minimum atomic E-state index is -0.315. The summed E-state index contributed by atoms with van der Waals surface area (Å²) in [5.41, 5.74) is 2.88. The average molecular weight is 317 g/mol. The predicted molar refractivity (Wildman–Crippen MR) is 92.4 cm³/mol. The average Bonchev–Trinajstić information content (AvgIpc) is 3.32. The molecule has 1 amide bonds. The van der Waals surface area contributed by atoms with E-state index in [1.165, 1.54) is 5.56 Å². The van der Waals surface area contributed by atoms with Gasteiger partial charge in [-0.1, -0.05) is 42.5 Å². The number of halogens is 1. The van der Waals surface area contributed by atoms with Crippen molar-refractivity contribution in [1.82, 2.24) is 5.32 Å². The van der Waals surface area contributed by atoms with E-state index >= 15 is 0 Å². The SMILES string of the molecule is CNCc1ccc(NC(=O)C2(c3ccccc3)CC2)cc1.Cl. The van der Waals surface area contributed by atoms with Crippen molar-refractivity contribution in [2.24, 2.45) is 0 Å². The Hall–Kier alpha value is -1.84. The van der Waals surface area contributed by atoms with Crippen molar-refractivity contribution in [3.63, 3.8) is 0 Å². The molecule has 0 heterocycles. The third-order valence-corrected chi connectivity index (χ3v) is 4.10. The van der Waals surface area contributed by atoms with E-state index in [0.29, 0.717) is 0 Å². The third-order valence-electron chi connectivity index (χ3n) is 4.10. The molecule has 116 valence electrons. The molecule has 22 heavy (non-hydrogen) atoms. The summed E-state index contributed by atoms with van der Waals surface area (Å²) in [4.78, 5) is 12.6. The lowest BCUT2D eigenvalue weighted by atomic mass is 9.95. The molecule has 0 saturated heterocycles. The number of carbonyl (C=O) groups is 1. The van der Waals surface area contributed by atoms with Gasteiger partial charge in [0.25, 0.3) is 0 Å². The van der Waals surface area contributed by atoms with Crippen LogP contribution in [0.1, 0.15) is 24.0 Å². The van der Waals surface area contributed by atoms with Gasteiger partial charge in [0, 0.05) is 12.2 Å². The van der Waals surface area contributed by atoms with Gasteiger partial charge in [0.1, 0.15) is 0 Å². The van der Waals surface area contributed by atoms with Crippen molar-refractivity contribution in [2.45, 2.75) is 24.8 Å². The molecule has 4 heteroatoms. The molecule has 2 N–H and O–H groups in total. The van der Waals surface area contributed by atoms with Crippen molar-refractivity contribution in [2.75, 3.05) is 12.4 Å². The Balaban J connectivity index is 0.00000176. The number of benzene rings is 2. The summed E-state index contributed by atoms with van der Waals surface area (Å²) in [6, 6.07) is 18.1. The lowest BCUT2D eigenvalue weighted by Gasteiger charge is -2.16. The maximum atomic E-state index is 12.6. The van der Waals surface area contributed by atoms with Gasteiger partial charge < -0.3 is 10.6 Å². The van der Waals surface area contributed by atoms with Gasteiger partial charge in [-0.25, -0.2) is 0 Å². The predicted octanol–water partition coefficient (Wildman–Crippen LogP) is 3.50. The topological polar surface area (TPSA) is 41.1 Å². The van der Waals surface area contributed by atoms with Crippen LogP contribution in [0.15, 0.2) is 54.6 Å². The summed E-state index contributed by atoms with van der Waals surface area (Å²) in [6.45, 7) is 0.835. The van der Waals surface area contributed by atoms with Crippen molar-refractivity contribution >= 4 is 24.0 Å². The van der Waals surface area contributed by atoms with Gasteiger partial charge in [0.15, 0.2) is 0 Å². The van der Waals surface area contributed by atoms with E-state index in [-0.39, 0.29) is 23.7 Å². The number of hydrogen-bond acceptors (Lipinski definition) is 2. The van der Waals surface area contributed by atoms with Gasteiger partial charge in [-0.2, -0.15) is 0 Å². The minimum Gasteiger partial charge on any atom is -0.325 e. The molecule has 1 aliphatic carbocycles. The van der Waals surface area contributed by atoms with Crippen LogP contribution in [0.5, 0.6) is 0 Å². The molecule has 2 aromatic rings. The quantitative estimate of drug-likeness (QED) is 0.886. The fourth-order valence-electron chi connectivity index (χ4n) is 2.69.